The van der Waals surface area contributed by atoms with E-state index in [1.165, 1.54) is 17.0 Å². The number of nitrogens with one attached hydrogen (secondary N) is 1. The summed E-state index contributed by atoms with van der Waals surface area (Å²) in [5.41, 5.74) is 3.01. The van der Waals surface area contributed by atoms with Gasteiger partial charge in [-0.2, -0.15) is 0 Å². The molecule has 0 radical (unpaired) electrons. The molecule has 4 aromatic rings. The second-order valence-electron chi connectivity index (χ2n) is 11.2. The summed E-state index contributed by atoms with van der Waals surface area (Å²) in [6.45, 7) is 6.40. The summed E-state index contributed by atoms with van der Waals surface area (Å²) in [6, 6.07) is 29.2. The van der Waals surface area contributed by atoms with E-state index in [2.05, 4.69) is 21.2 Å². The molecule has 4 aromatic carbocycles. The third-order valence-corrected chi connectivity index (χ3v) is 10.1. The van der Waals surface area contributed by atoms with Crippen molar-refractivity contribution in [3.63, 3.8) is 0 Å². The van der Waals surface area contributed by atoms with E-state index in [1.807, 2.05) is 75.4 Å². The van der Waals surface area contributed by atoms with Crippen LogP contribution in [0.5, 0.6) is 5.75 Å². The number of halogens is 1. The summed E-state index contributed by atoms with van der Waals surface area (Å²) in [6.07, 6.45) is 1.96. The molecule has 47 heavy (non-hydrogen) atoms. The van der Waals surface area contributed by atoms with Crippen LogP contribution in [-0.2, 0) is 32.6 Å². The van der Waals surface area contributed by atoms with Gasteiger partial charge in [0.15, 0.2) is 0 Å². The number of sulfonamides is 1. The second-order valence-corrected chi connectivity index (χ2v) is 14.0. The van der Waals surface area contributed by atoms with Crippen LogP contribution in [0, 0.1) is 6.92 Å². The van der Waals surface area contributed by atoms with E-state index in [0.717, 1.165) is 38.3 Å². The standard InChI is InChI=1S/C37H42BrN3O5S/c1-4-6-24-39-37(43)35(25-29-13-8-7-9-14-29)40(26-30-15-11-10-12-28(30)3)36(42)27-41(32-18-20-33(21-19-32)46-5-2)47(44,45)34-22-16-31(38)17-23-34/h7-23,35H,4-6,24-27H2,1-3H3,(H,39,43)/t35-/m1/s1. The zero-order valence-electron chi connectivity index (χ0n) is 27.1. The summed E-state index contributed by atoms with van der Waals surface area (Å²) in [4.78, 5) is 30.1. The van der Waals surface area contributed by atoms with Crippen LogP contribution in [0.3, 0.4) is 0 Å². The molecule has 8 nitrogen and oxygen atoms in total. The number of carbonyl (C=O) groups excluding carboxylic acids is 2. The van der Waals surface area contributed by atoms with Gasteiger partial charge in [-0.3, -0.25) is 13.9 Å². The van der Waals surface area contributed by atoms with Crippen molar-refractivity contribution in [3.05, 3.63) is 124 Å². The van der Waals surface area contributed by atoms with Gasteiger partial charge in [0.2, 0.25) is 11.8 Å². The number of hydrogen-bond donors (Lipinski definition) is 1. The minimum absolute atomic E-state index is 0.0333. The first-order valence-electron chi connectivity index (χ1n) is 15.8. The molecule has 0 aromatic heterocycles. The predicted molar refractivity (Wildman–Crippen MR) is 190 cm³/mol. The van der Waals surface area contributed by atoms with Crippen molar-refractivity contribution in [2.45, 2.75) is 57.5 Å². The van der Waals surface area contributed by atoms with Gasteiger partial charge in [0.1, 0.15) is 18.3 Å². The number of rotatable bonds is 16. The third kappa shape index (κ3) is 9.68. The summed E-state index contributed by atoms with van der Waals surface area (Å²) < 4.78 is 35.9. The third-order valence-electron chi connectivity index (χ3n) is 7.82. The Morgan fingerprint density at radius 3 is 2.17 bits per heavy atom. The molecule has 0 bridgehead atoms. The van der Waals surface area contributed by atoms with Crippen molar-refractivity contribution in [1.29, 1.82) is 0 Å². The zero-order valence-corrected chi connectivity index (χ0v) is 29.5. The lowest BCUT2D eigenvalue weighted by atomic mass is 10.0. The van der Waals surface area contributed by atoms with Crippen LogP contribution in [-0.4, -0.2) is 50.9 Å². The van der Waals surface area contributed by atoms with Crippen molar-refractivity contribution >= 4 is 43.5 Å². The molecule has 0 heterocycles. The maximum atomic E-state index is 14.6. The van der Waals surface area contributed by atoms with Crippen LogP contribution in [0.15, 0.2) is 112 Å². The fourth-order valence-electron chi connectivity index (χ4n) is 5.17. The van der Waals surface area contributed by atoms with Gasteiger partial charge in [0.05, 0.1) is 17.2 Å². The van der Waals surface area contributed by atoms with E-state index in [4.69, 9.17) is 4.74 Å². The molecule has 0 aliphatic carbocycles. The van der Waals surface area contributed by atoms with Gasteiger partial charge < -0.3 is 15.0 Å². The van der Waals surface area contributed by atoms with Crippen molar-refractivity contribution in [2.24, 2.45) is 0 Å². The Morgan fingerprint density at radius 2 is 1.53 bits per heavy atom. The Morgan fingerprint density at radius 1 is 0.872 bits per heavy atom. The molecule has 248 valence electrons. The van der Waals surface area contributed by atoms with Crippen molar-refractivity contribution in [1.82, 2.24) is 10.2 Å². The Balaban J connectivity index is 1.80. The first kappa shape index (κ1) is 35.7. The van der Waals surface area contributed by atoms with Crippen molar-refractivity contribution < 1.29 is 22.7 Å². The molecular formula is C37H42BrN3O5S. The molecule has 0 aliphatic rings. The molecule has 0 saturated heterocycles. The quantitative estimate of drug-likeness (QED) is 0.127. The Hall–Kier alpha value is -4.15. The molecule has 10 heteroatoms. The fraction of sp³-hybridized carbons (Fsp3) is 0.297. The van der Waals surface area contributed by atoms with Crippen LogP contribution in [0.1, 0.15) is 43.4 Å². The highest BCUT2D eigenvalue weighted by Crippen LogP contribution is 2.28. The van der Waals surface area contributed by atoms with Gasteiger partial charge in [-0.15, -0.1) is 0 Å². The molecule has 0 saturated carbocycles. The molecule has 1 atom stereocenters. The lowest BCUT2D eigenvalue weighted by molar-refractivity contribution is -0.140. The zero-order chi connectivity index (χ0) is 33.8. The Bertz CT molecular complexity index is 1720. The van der Waals surface area contributed by atoms with Gasteiger partial charge in [-0.25, -0.2) is 8.42 Å². The summed E-state index contributed by atoms with van der Waals surface area (Å²) in [5, 5.41) is 3.02. The highest BCUT2D eigenvalue weighted by molar-refractivity contribution is 9.10. The topological polar surface area (TPSA) is 96.0 Å². The van der Waals surface area contributed by atoms with Crippen molar-refractivity contribution in [2.75, 3.05) is 24.0 Å². The highest BCUT2D eigenvalue weighted by Gasteiger charge is 2.34. The van der Waals surface area contributed by atoms with Crippen LogP contribution < -0.4 is 14.4 Å². The molecule has 0 fully saturated rings. The van der Waals surface area contributed by atoms with E-state index in [0.29, 0.717) is 24.6 Å². The first-order valence-corrected chi connectivity index (χ1v) is 18.0. The molecule has 1 N–H and O–H groups in total. The van der Waals surface area contributed by atoms with Gasteiger partial charge in [0, 0.05) is 24.0 Å². The van der Waals surface area contributed by atoms with Gasteiger partial charge in [-0.1, -0.05) is 83.9 Å². The largest absolute Gasteiger partial charge is 0.494 e. The highest BCUT2D eigenvalue weighted by atomic mass is 79.9. The van der Waals surface area contributed by atoms with Crippen LogP contribution in [0.2, 0.25) is 0 Å². The predicted octanol–water partition coefficient (Wildman–Crippen LogP) is 6.91. The maximum Gasteiger partial charge on any atom is 0.264 e. The van der Waals surface area contributed by atoms with Gasteiger partial charge in [0.25, 0.3) is 10.0 Å². The normalized spacial score (nSPS) is 11.8. The van der Waals surface area contributed by atoms with Crippen LogP contribution in [0.4, 0.5) is 5.69 Å². The summed E-state index contributed by atoms with van der Waals surface area (Å²) >= 11 is 3.37. The summed E-state index contributed by atoms with van der Waals surface area (Å²) in [7, 11) is -4.20. The molecule has 0 unspecified atom stereocenters. The van der Waals surface area contributed by atoms with E-state index < -0.39 is 28.5 Å². The molecular weight excluding hydrogens is 678 g/mol. The first-order chi connectivity index (χ1) is 22.6. The maximum absolute atomic E-state index is 14.6. The lowest BCUT2D eigenvalue weighted by Crippen LogP contribution is -2.53. The number of carbonyl (C=O) groups is 2. The summed E-state index contributed by atoms with van der Waals surface area (Å²) in [5.74, 6) is -0.210. The Kier molecular flexibility index (Phi) is 13.0. The number of nitrogens with zero attached hydrogens (tertiary/aromatic N) is 2. The number of unbranched alkanes of at least 4 members (excludes halogenated alkanes) is 1. The van der Waals surface area contributed by atoms with E-state index in [-0.39, 0.29) is 23.8 Å². The smallest absolute Gasteiger partial charge is 0.264 e. The number of benzene rings is 4. The average Bonchev–Trinajstić information content (AvgIpc) is 3.07. The fourth-order valence-corrected chi connectivity index (χ4v) is 6.85. The number of amides is 2. The molecule has 0 aliphatic heterocycles. The minimum atomic E-state index is -4.20. The molecule has 0 spiro atoms. The van der Waals surface area contributed by atoms with Gasteiger partial charge >= 0.3 is 0 Å². The number of anilines is 1. The molecule has 2 amide bonds. The monoisotopic (exact) mass is 719 g/mol. The SMILES string of the molecule is CCCCNC(=O)[C@@H](Cc1ccccc1)N(Cc1ccccc1C)C(=O)CN(c1ccc(OCC)cc1)S(=O)(=O)c1ccc(Br)cc1. The minimum Gasteiger partial charge on any atom is -0.494 e. The number of hydrogen-bond acceptors (Lipinski definition) is 5. The number of aryl methyl sites for hydroxylation is 1. The van der Waals surface area contributed by atoms with E-state index in [1.54, 1.807) is 36.4 Å². The van der Waals surface area contributed by atoms with E-state index >= 15 is 0 Å². The lowest BCUT2D eigenvalue weighted by Gasteiger charge is -2.34. The Labute approximate surface area is 286 Å². The average molecular weight is 721 g/mol. The molecule has 4 rings (SSSR count). The van der Waals surface area contributed by atoms with Crippen molar-refractivity contribution in [3.8, 4) is 5.75 Å². The van der Waals surface area contributed by atoms with Crippen LogP contribution in [0.25, 0.3) is 0 Å². The second kappa shape index (κ2) is 17.1. The van der Waals surface area contributed by atoms with Gasteiger partial charge in [-0.05, 0) is 85.5 Å². The number of ether oxygens (including phenoxy) is 1. The van der Waals surface area contributed by atoms with E-state index in [9.17, 15) is 18.0 Å². The van der Waals surface area contributed by atoms with Crippen LogP contribution >= 0.6 is 15.9 Å².